The van der Waals surface area contributed by atoms with Crippen LogP contribution in [0.4, 0.5) is 23.2 Å². The molecule has 2 aliphatic heterocycles. The quantitative estimate of drug-likeness (QED) is 0.789. The number of fused-ring (bicyclic) bond motifs is 1. The molecule has 1 amide bonds. The van der Waals surface area contributed by atoms with Crippen LogP contribution in [0.5, 0.6) is 5.75 Å². The number of primary amides is 1. The monoisotopic (exact) mass is 401 g/mol. The summed E-state index contributed by atoms with van der Waals surface area (Å²) < 4.78 is 56.3. The van der Waals surface area contributed by atoms with Crippen molar-refractivity contribution in [1.82, 2.24) is 4.90 Å². The predicted molar refractivity (Wildman–Crippen MR) is 94.5 cm³/mol. The average molecular weight is 401 g/mol. The fourth-order valence-corrected chi connectivity index (χ4v) is 5.23. The van der Waals surface area contributed by atoms with E-state index in [-0.39, 0.29) is 36.6 Å². The van der Waals surface area contributed by atoms with Crippen LogP contribution >= 0.6 is 0 Å². The van der Waals surface area contributed by atoms with Crippen LogP contribution in [0.3, 0.4) is 0 Å². The fraction of sp³-hybridized carbons (Fsp3) is 0.632. The minimum absolute atomic E-state index is 0.0175. The summed E-state index contributed by atoms with van der Waals surface area (Å²) in [6.07, 6.45) is -3.97. The number of halogens is 4. The molecule has 4 rings (SSSR count). The van der Waals surface area contributed by atoms with Crippen molar-refractivity contribution < 1.29 is 27.1 Å². The minimum Gasteiger partial charge on any atom is -0.404 e. The molecule has 1 saturated carbocycles. The highest BCUT2D eigenvalue weighted by molar-refractivity contribution is 5.80. The van der Waals surface area contributed by atoms with Gasteiger partial charge in [0.25, 0.3) is 0 Å². The van der Waals surface area contributed by atoms with Gasteiger partial charge in [0, 0.05) is 32.1 Å². The van der Waals surface area contributed by atoms with Crippen LogP contribution in [0.1, 0.15) is 19.3 Å². The Morgan fingerprint density at radius 2 is 1.89 bits per heavy atom. The zero-order valence-electron chi connectivity index (χ0n) is 15.2. The minimum atomic E-state index is -4.76. The van der Waals surface area contributed by atoms with Gasteiger partial charge >= 0.3 is 6.36 Å². The van der Waals surface area contributed by atoms with Crippen LogP contribution in [0.15, 0.2) is 24.3 Å². The van der Waals surface area contributed by atoms with Crippen molar-refractivity contribution in [2.75, 3.05) is 24.5 Å². The zero-order chi connectivity index (χ0) is 20.1. The SMILES string of the molecule is NC(=O)[C@@H]1C[C@@H](F)CN1[C@H]1CC[C@@H]2CN(c3ccccc3OC(F)(F)F)C[C@@H]21. The number of carbonyl (C=O) groups excluding carboxylic acids is 1. The second-order valence-corrected chi connectivity index (χ2v) is 7.94. The Morgan fingerprint density at radius 3 is 2.61 bits per heavy atom. The van der Waals surface area contributed by atoms with Crippen LogP contribution < -0.4 is 15.4 Å². The van der Waals surface area contributed by atoms with Gasteiger partial charge in [-0.1, -0.05) is 12.1 Å². The van der Waals surface area contributed by atoms with Gasteiger partial charge in [0.05, 0.1) is 11.7 Å². The van der Waals surface area contributed by atoms with Gasteiger partial charge < -0.3 is 15.4 Å². The van der Waals surface area contributed by atoms with Crippen molar-refractivity contribution in [2.45, 2.75) is 43.9 Å². The Balaban J connectivity index is 1.52. The third kappa shape index (κ3) is 3.64. The fourth-order valence-electron chi connectivity index (χ4n) is 5.23. The Bertz CT molecular complexity index is 744. The predicted octanol–water partition coefficient (Wildman–Crippen LogP) is 2.70. The van der Waals surface area contributed by atoms with Crippen LogP contribution in [0, 0.1) is 11.8 Å². The Hall–Kier alpha value is -2.03. The first-order chi connectivity index (χ1) is 13.2. The van der Waals surface area contributed by atoms with Crippen LogP contribution in [-0.2, 0) is 4.79 Å². The van der Waals surface area contributed by atoms with Crippen LogP contribution in [0.2, 0.25) is 0 Å². The lowest BCUT2D eigenvalue weighted by Crippen LogP contribution is -2.48. The van der Waals surface area contributed by atoms with E-state index in [0.29, 0.717) is 18.8 Å². The smallest absolute Gasteiger partial charge is 0.404 e. The number of para-hydroxylation sites is 2. The molecule has 0 unspecified atom stereocenters. The standard InChI is InChI=1S/C19H23F4N3O2/c20-12-7-16(18(24)27)26(9-12)14-6-5-11-8-25(10-13(11)14)15-3-1-2-4-17(15)28-19(21,22)23/h1-4,11-14,16H,5-10H2,(H2,24,27)/t11-,12-,13+,14+,16+/m1/s1. The van der Waals surface area contributed by atoms with Crippen molar-refractivity contribution in [3.63, 3.8) is 0 Å². The molecule has 0 bridgehead atoms. The highest BCUT2D eigenvalue weighted by atomic mass is 19.4. The van der Waals surface area contributed by atoms with Crippen molar-refractivity contribution in [2.24, 2.45) is 17.6 Å². The molecule has 2 N–H and O–H groups in total. The van der Waals surface area contributed by atoms with E-state index in [0.717, 1.165) is 12.8 Å². The first kappa shape index (κ1) is 19.3. The third-order valence-corrected chi connectivity index (χ3v) is 6.29. The molecule has 2 saturated heterocycles. The number of carbonyl (C=O) groups is 1. The molecule has 154 valence electrons. The van der Waals surface area contributed by atoms with Gasteiger partial charge in [-0.2, -0.15) is 0 Å². The number of hydrogen-bond donors (Lipinski definition) is 1. The molecule has 28 heavy (non-hydrogen) atoms. The van der Waals surface area contributed by atoms with Gasteiger partial charge in [0.15, 0.2) is 5.75 Å². The lowest BCUT2D eigenvalue weighted by molar-refractivity contribution is -0.274. The van der Waals surface area contributed by atoms with E-state index < -0.39 is 24.5 Å². The van der Waals surface area contributed by atoms with E-state index in [4.69, 9.17) is 5.73 Å². The second-order valence-electron chi connectivity index (χ2n) is 7.94. The summed E-state index contributed by atoms with van der Waals surface area (Å²) in [6.45, 7) is 1.36. The number of rotatable bonds is 4. The summed E-state index contributed by atoms with van der Waals surface area (Å²) in [5, 5.41) is 0. The Labute approximate surface area is 160 Å². The van der Waals surface area contributed by atoms with Gasteiger partial charge in [0.2, 0.25) is 5.91 Å². The number of hydrogen-bond acceptors (Lipinski definition) is 4. The van der Waals surface area contributed by atoms with E-state index in [1.165, 1.54) is 12.1 Å². The van der Waals surface area contributed by atoms with E-state index in [9.17, 15) is 22.4 Å². The number of nitrogens with two attached hydrogens (primary N) is 1. The van der Waals surface area contributed by atoms with Gasteiger partial charge in [-0.3, -0.25) is 9.69 Å². The molecule has 1 aromatic carbocycles. The molecule has 0 radical (unpaired) electrons. The molecule has 0 aromatic heterocycles. The maximum absolute atomic E-state index is 14.0. The number of anilines is 1. The molecule has 3 aliphatic rings. The first-order valence-corrected chi connectivity index (χ1v) is 9.52. The van der Waals surface area contributed by atoms with E-state index in [1.807, 2.05) is 9.80 Å². The van der Waals surface area contributed by atoms with Gasteiger partial charge in [-0.25, -0.2) is 4.39 Å². The number of benzene rings is 1. The van der Waals surface area contributed by atoms with Gasteiger partial charge in [-0.15, -0.1) is 13.2 Å². The van der Waals surface area contributed by atoms with Crippen LogP contribution in [-0.4, -0.2) is 55.1 Å². The zero-order valence-corrected chi connectivity index (χ0v) is 15.2. The molecule has 2 heterocycles. The van der Waals surface area contributed by atoms with Crippen molar-refractivity contribution >= 4 is 11.6 Å². The topological polar surface area (TPSA) is 58.8 Å². The first-order valence-electron chi connectivity index (χ1n) is 9.52. The molecule has 5 nitrogen and oxygen atoms in total. The lowest BCUT2D eigenvalue weighted by Gasteiger charge is -2.33. The number of amides is 1. The maximum Gasteiger partial charge on any atom is 0.573 e. The summed E-state index contributed by atoms with van der Waals surface area (Å²) in [6, 6.07) is 5.54. The molecule has 5 atom stereocenters. The molecular weight excluding hydrogens is 378 g/mol. The van der Waals surface area contributed by atoms with Crippen molar-refractivity contribution in [1.29, 1.82) is 0 Å². The van der Waals surface area contributed by atoms with Gasteiger partial charge in [0.1, 0.15) is 6.17 Å². The van der Waals surface area contributed by atoms with Crippen molar-refractivity contribution in [3.8, 4) is 5.75 Å². The highest BCUT2D eigenvalue weighted by Crippen LogP contribution is 2.46. The molecule has 1 aromatic rings. The van der Waals surface area contributed by atoms with E-state index in [2.05, 4.69) is 4.74 Å². The van der Waals surface area contributed by atoms with E-state index >= 15 is 0 Å². The number of alkyl halides is 4. The van der Waals surface area contributed by atoms with Crippen molar-refractivity contribution in [3.05, 3.63) is 24.3 Å². The molecule has 1 aliphatic carbocycles. The third-order valence-electron chi connectivity index (χ3n) is 6.29. The van der Waals surface area contributed by atoms with Crippen LogP contribution in [0.25, 0.3) is 0 Å². The second kappa shape index (κ2) is 7.09. The number of likely N-dealkylation sites (tertiary alicyclic amines) is 1. The maximum atomic E-state index is 14.0. The molecular formula is C19H23F4N3O2. The average Bonchev–Trinajstić information content (AvgIpc) is 3.27. The van der Waals surface area contributed by atoms with Gasteiger partial charge in [-0.05, 0) is 36.8 Å². The summed E-state index contributed by atoms with van der Waals surface area (Å²) in [5.74, 6) is -0.281. The Kier molecular flexibility index (Phi) is 4.89. The number of nitrogens with zero attached hydrogens (tertiary/aromatic N) is 2. The molecule has 9 heteroatoms. The Morgan fingerprint density at radius 1 is 1.14 bits per heavy atom. The normalized spacial score (nSPS) is 33.3. The summed E-state index contributed by atoms with van der Waals surface area (Å²) >= 11 is 0. The lowest BCUT2D eigenvalue weighted by atomic mass is 9.96. The summed E-state index contributed by atoms with van der Waals surface area (Å²) in [5.41, 5.74) is 5.88. The summed E-state index contributed by atoms with van der Waals surface area (Å²) in [4.78, 5) is 15.5. The molecule has 3 fully saturated rings. The van der Waals surface area contributed by atoms with E-state index in [1.54, 1.807) is 12.1 Å². The highest BCUT2D eigenvalue weighted by Gasteiger charge is 2.50. The summed E-state index contributed by atoms with van der Waals surface area (Å²) in [7, 11) is 0. The largest absolute Gasteiger partial charge is 0.573 e. The molecule has 0 spiro atoms. The number of ether oxygens (including phenoxy) is 1.